The summed E-state index contributed by atoms with van der Waals surface area (Å²) in [5.41, 5.74) is 0.360. The molecule has 0 radical (unpaired) electrons. The standard InChI is InChI=1S/C13H17F2NO/c1-16(2)8-7-12(15)9-13(17)10-3-5-11(14)6-4-10/h3-6,12H,7-9H2,1-2H3. The first-order valence-corrected chi connectivity index (χ1v) is 5.56. The highest BCUT2D eigenvalue weighted by molar-refractivity contribution is 5.96. The van der Waals surface area contributed by atoms with E-state index in [1.807, 2.05) is 19.0 Å². The van der Waals surface area contributed by atoms with Gasteiger partial charge in [0.1, 0.15) is 12.0 Å². The number of halogens is 2. The van der Waals surface area contributed by atoms with Crippen LogP contribution in [0.1, 0.15) is 23.2 Å². The van der Waals surface area contributed by atoms with E-state index in [4.69, 9.17) is 0 Å². The van der Waals surface area contributed by atoms with Crippen molar-refractivity contribution in [3.63, 3.8) is 0 Å². The molecule has 1 aromatic carbocycles. The van der Waals surface area contributed by atoms with Gasteiger partial charge in [-0.2, -0.15) is 0 Å². The van der Waals surface area contributed by atoms with Crippen molar-refractivity contribution in [2.75, 3.05) is 20.6 Å². The maximum absolute atomic E-state index is 13.5. The zero-order valence-electron chi connectivity index (χ0n) is 10.1. The van der Waals surface area contributed by atoms with Crippen LogP contribution in [0.25, 0.3) is 0 Å². The number of ketones is 1. The van der Waals surface area contributed by atoms with Crippen LogP contribution >= 0.6 is 0 Å². The van der Waals surface area contributed by atoms with E-state index in [-0.39, 0.29) is 12.2 Å². The quantitative estimate of drug-likeness (QED) is 0.714. The van der Waals surface area contributed by atoms with Crippen molar-refractivity contribution in [3.05, 3.63) is 35.6 Å². The van der Waals surface area contributed by atoms with E-state index >= 15 is 0 Å². The Morgan fingerprint density at radius 2 is 1.88 bits per heavy atom. The Hall–Kier alpha value is -1.29. The minimum absolute atomic E-state index is 0.139. The molecule has 94 valence electrons. The first kappa shape index (κ1) is 13.8. The van der Waals surface area contributed by atoms with E-state index in [2.05, 4.69) is 0 Å². The molecule has 0 saturated carbocycles. The number of carbonyl (C=O) groups excluding carboxylic acids is 1. The number of carbonyl (C=O) groups is 1. The second kappa shape index (κ2) is 6.45. The molecule has 2 nitrogen and oxygen atoms in total. The van der Waals surface area contributed by atoms with Crippen LogP contribution in [-0.2, 0) is 0 Å². The molecule has 0 aliphatic carbocycles. The number of hydrogen-bond acceptors (Lipinski definition) is 2. The molecule has 0 saturated heterocycles. The topological polar surface area (TPSA) is 20.3 Å². The lowest BCUT2D eigenvalue weighted by Crippen LogP contribution is -2.19. The normalized spacial score (nSPS) is 12.8. The van der Waals surface area contributed by atoms with Crippen LogP contribution in [0, 0.1) is 5.82 Å². The molecule has 1 unspecified atom stereocenters. The summed E-state index contributed by atoms with van der Waals surface area (Å²) in [6.07, 6.45) is -0.950. The zero-order chi connectivity index (χ0) is 12.8. The smallest absolute Gasteiger partial charge is 0.165 e. The van der Waals surface area contributed by atoms with E-state index in [1.165, 1.54) is 24.3 Å². The van der Waals surface area contributed by atoms with Gasteiger partial charge in [0.25, 0.3) is 0 Å². The number of Topliss-reactive ketones (excluding diaryl/α,β-unsaturated/α-hetero) is 1. The minimum atomic E-state index is -1.14. The number of nitrogens with zero attached hydrogens (tertiary/aromatic N) is 1. The summed E-state index contributed by atoms with van der Waals surface area (Å²) in [6.45, 7) is 0.609. The molecule has 0 spiro atoms. The summed E-state index contributed by atoms with van der Waals surface area (Å²) in [5.74, 6) is -0.679. The van der Waals surface area contributed by atoms with Crippen molar-refractivity contribution in [2.45, 2.75) is 19.0 Å². The van der Waals surface area contributed by atoms with E-state index in [0.29, 0.717) is 18.5 Å². The molecule has 0 amide bonds. The van der Waals surface area contributed by atoms with Gasteiger partial charge in [-0.25, -0.2) is 8.78 Å². The fourth-order valence-electron chi connectivity index (χ4n) is 1.46. The second-order valence-electron chi connectivity index (χ2n) is 4.32. The SMILES string of the molecule is CN(C)CCC(F)CC(=O)c1ccc(F)cc1. The van der Waals surface area contributed by atoms with E-state index in [1.54, 1.807) is 0 Å². The molecule has 0 fully saturated rings. The van der Waals surface area contributed by atoms with Gasteiger partial charge in [-0.15, -0.1) is 0 Å². The number of alkyl halides is 1. The van der Waals surface area contributed by atoms with Gasteiger partial charge in [-0.3, -0.25) is 4.79 Å². The van der Waals surface area contributed by atoms with Gasteiger partial charge in [-0.05, 0) is 44.8 Å². The highest BCUT2D eigenvalue weighted by Crippen LogP contribution is 2.11. The third-order valence-electron chi connectivity index (χ3n) is 2.46. The zero-order valence-corrected chi connectivity index (χ0v) is 10.1. The summed E-state index contributed by atoms with van der Waals surface area (Å²) in [5, 5.41) is 0. The van der Waals surface area contributed by atoms with Gasteiger partial charge in [0.2, 0.25) is 0 Å². The average Bonchev–Trinajstić information content (AvgIpc) is 2.27. The molecule has 1 aromatic rings. The Morgan fingerprint density at radius 1 is 1.29 bits per heavy atom. The molecular weight excluding hydrogens is 224 g/mol. The Kier molecular flexibility index (Phi) is 5.22. The van der Waals surface area contributed by atoms with Gasteiger partial charge >= 0.3 is 0 Å². The molecule has 0 bridgehead atoms. The first-order valence-electron chi connectivity index (χ1n) is 5.56. The monoisotopic (exact) mass is 241 g/mol. The van der Waals surface area contributed by atoms with E-state index in [9.17, 15) is 13.6 Å². The molecule has 1 atom stereocenters. The lowest BCUT2D eigenvalue weighted by Gasteiger charge is -2.12. The highest BCUT2D eigenvalue weighted by atomic mass is 19.1. The molecule has 0 aromatic heterocycles. The number of rotatable bonds is 6. The summed E-state index contributed by atoms with van der Waals surface area (Å²) >= 11 is 0. The predicted octanol–water partition coefficient (Wildman–Crippen LogP) is 2.69. The first-order chi connectivity index (χ1) is 7.99. The van der Waals surface area contributed by atoms with Gasteiger partial charge < -0.3 is 4.90 Å². The Morgan fingerprint density at radius 3 is 2.41 bits per heavy atom. The maximum Gasteiger partial charge on any atom is 0.165 e. The number of benzene rings is 1. The van der Waals surface area contributed by atoms with Crippen LogP contribution in [0.5, 0.6) is 0 Å². The van der Waals surface area contributed by atoms with Crippen LogP contribution in [0.3, 0.4) is 0 Å². The molecule has 0 aliphatic rings. The van der Waals surface area contributed by atoms with Crippen molar-refractivity contribution >= 4 is 5.78 Å². The number of hydrogen-bond donors (Lipinski definition) is 0. The van der Waals surface area contributed by atoms with Crippen molar-refractivity contribution < 1.29 is 13.6 Å². The van der Waals surface area contributed by atoms with Crippen LogP contribution in [0.4, 0.5) is 8.78 Å². The Balaban J connectivity index is 2.46. The summed E-state index contributed by atoms with van der Waals surface area (Å²) in [4.78, 5) is 13.5. The van der Waals surface area contributed by atoms with Crippen molar-refractivity contribution in [3.8, 4) is 0 Å². The van der Waals surface area contributed by atoms with Gasteiger partial charge in [0, 0.05) is 18.5 Å². The third-order valence-corrected chi connectivity index (χ3v) is 2.46. The third kappa shape index (κ3) is 5.04. The van der Waals surface area contributed by atoms with Crippen LogP contribution < -0.4 is 0 Å². The Bertz CT molecular complexity index is 362. The molecular formula is C13H17F2NO. The van der Waals surface area contributed by atoms with Crippen LogP contribution in [-0.4, -0.2) is 37.5 Å². The van der Waals surface area contributed by atoms with E-state index in [0.717, 1.165) is 0 Å². The maximum atomic E-state index is 13.5. The fourth-order valence-corrected chi connectivity index (χ4v) is 1.46. The summed E-state index contributed by atoms with van der Waals surface area (Å²) < 4.78 is 26.1. The molecule has 0 aliphatic heterocycles. The van der Waals surface area contributed by atoms with Gasteiger partial charge in [0.15, 0.2) is 5.78 Å². The largest absolute Gasteiger partial charge is 0.309 e. The summed E-state index contributed by atoms with van der Waals surface area (Å²) in [6, 6.07) is 5.19. The van der Waals surface area contributed by atoms with Crippen molar-refractivity contribution in [2.24, 2.45) is 0 Å². The lowest BCUT2D eigenvalue weighted by atomic mass is 10.0. The van der Waals surface area contributed by atoms with Gasteiger partial charge in [-0.1, -0.05) is 0 Å². The van der Waals surface area contributed by atoms with Crippen molar-refractivity contribution in [1.29, 1.82) is 0 Å². The summed E-state index contributed by atoms with van der Waals surface area (Å²) in [7, 11) is 3.71. The predicted molar refractivity (Wildman–Crippen MR) is 63.4 cm³/mol. The van der Waals surface area contributed by atoms with E-state index < -0.39 is 12.0 Å². The lowest BCUT2D eigenvalue weighted by molar-refractivity contribution is 0.0940. The molecule has 0 N–H and O–H groups in total. The molecule has 1 rings (SSSR count). The van der Waals surface area contributed by atoms with Gasteiger partial charge in [0.05, 0.1) is 0 Å². The van der Waals surface area contributed by atoms with Crippen LogP contribution in [0.15, 0.2) is 24.3 Å². The fraction of sp³-hybridized carbons (Fsp3) is 0.462. The average molecular weight is 241 g/mol. The van der Waals surface area contributed by atoms with Crippen molar-refractivity contribution in [1.82, 2.24) is 4.90 Å². The molecule has 0 heterocycles. The van der Waals surface area contributed by atoms with Crippen LogP contribution in [0.2, 0.25) is 0 Å². The highest BCUT2D eigenvalue weighted by Gasteiger charge is 2.14. The molecule has 17 heavy (non-hydrogen) atoms. The Labute approximate surface area is 100 Å². The molecule has 4 heteroatoms. The second-order valence-corrected chi connectivity index (χ2v) is 4.32. The minimum Gasteiger partial charge on any atom is -0.309 e.